The lowest BCUT2D eigenvalue weighted by molar-refractivity contribution is -0.384. The molecule has 3 amide bonds. The van der Waals surface area contributed by atoms with Gasteiger partial charge in [-0.25, -0.2) is 0 Å². The number of hydrogen-bond acceptors (Lipinski definition) is 7. The lowest BCUT2D eigenvalue weighted by Crippen LogP contribution is -2.52. The number of amides is 3. The van der Waals surface area contributed by atoms with Gasteiger partial charge in [-0.1, -0.05) is 48.5 Å². The summed E-state index contributed by atoms with van der Waals surface area (Å²) in [4.78, 5) is 48.6. The highest BCUT2D eigenvalue weighted by molar-refractivity contribution is 5.95. The molecule has 192 valence electrons. The van der Waals surface area contributed by atoms with Crippen molar-refractivity contribution >= 4 is 23.4 Å². The molecule has 5 N–H and O–H groups in total. The van der Waals surface area contributed by atoms with Crippen LogP contribution in [-0.4, -0.2) is 47.0 Å². The van der Waals surface area contributed by atoms with Crippen LogP contribution in [0.15, 0.2) is 78.9 Å². The number of methoxy groups -OCH3 is 1. The molecule has 0 bridgehead atoms. The van der Waals surface area contributed by atoms with E-state index in [1.165, 1.54) is 25.3 Å². The summed E-state index contributed by atoms with van der Waals surface area (Å²) in [5, 5.41) is 27.2. The molecule has 37 heavy (non-hydrogen) atoms. The first kappa shape index (κ1) is 26.8. The van der Waals surface area contributed by atoms with E-state index in [1.807, 2.05) is 0 Å². The van der Waals surface area contributed by atoms with E-state index in [-0.39, 0.29) is 23.4 Å². The highest BCUT2D eigenvalue weighted by Crippen LogP contribution is 2.25. The van der Waals surface area contributed by atoms with Gasteiger partial charge in [0.25, 0.3) is 17.5 Å². The first-order chi connectivity index (χ1) is 17.7. The Morgan fingerprint density at radius 3 is 2.19 bits per heavy atom. The van der Waals surface area contributed by atoms with E-state index < -0.39 is 40.8 Å². The zero-order chi connectivity index (χ0) is 26.9. The van der Waals surface area contributed by atoms with Crippen molar-refractivity contribution in [3.63, 3.8) is 0 Å². The molecule has 3 aromatic carbocycles. The molecule has 0 unspecified atom stereocenters. The number of ether oxygens (including phenoxy) is 1. The topological polar surface area (TPSA) is 174 Å². The number of nitrogens with zero attached hydrogens (tertiary/aromatic N) is 1. The Kier molecular flexibility index (Phi) is 8.90. The monoisotopic (exact) mass is 506 g/mol. The van der Waals surface area contributed by atoms with Crippen LogP contribution in [0.2, 0.25) is 0 Å². The van der Waals surface area contributed by atoms with Crippen molar-refractivity contribution in [3.05, 3.63) is 106 Å². The van der Waals surface area contributed by atoms with Gasteiger partial charge in [0.1, 0.15) is 11.8 Å². The summed E-state index contributed by atoms with van der Waals surface area (Å²) in [5.41, 5.74) is 6.28. The van der Waals surface area contributed by atoms with Gasteiger partial charge >= 0.3 is 0 Å². The van der Waals surface area contributed by atoms with E-state index in [9.17, 15) is 29.6 Å². The number of nitro groups is 1. The predicted octanol–water partition coefficient (Wildman–Crippen LogP) is 1.65. The fourth-order valence-corrected chi connectivity index (χ4v) is 3.71. The molecule has 0 saturated carbocycles. The van der Waals surface area contributed by atoms with Crippen molar-refractivity contribution in [3.8, 4) is 5.75 Å². The van der Waals surface area contributed by atoms with Gasteiger partial charge < -0.3 is 26.2 Å². The largest absolute Gasteiger partial charge is 0.496 e. The number of nitro benzene ring substituents is 1. The number of hydrogen-bond donors (Lipinski definition) is 4. The van der Waals surface area contributed by atoms with Crippen LogP contribution in [0.3, 0.4) is 0 Å². The predicted molar refractivity (Wildman–Crippen MR) is 134 cm³/mol. The highest BCUT2D eigenvalue weighted by atomic mass is 16.6. The smallest absolute Gasteiger partial charge is 0.269 e. The number of primary amides is 1. The summed E-state index contributed by atoms with van der Waals surface area (Å²) >= 11 is 0. The molecule has 3 aromatic rings. The van der Waals surface area contributed by atoms with Crippen molar-refractivity contribution < 1.29 is 29.2 Å². The molecule has 0 spiro atoms. The van der Waals surface area contributed by atoms with Gasteiger partial charge in [-0.2, -0.15) is 0 Å². The van der Waals surface area contributed by atoms with Gasteiger partial charge in [0.2, 0.25) is 5.91 Å². The van der Waals surface area contributed by atoms with E-state index in [0.717, 1.165) is 0 Å². The number of carbonyl (C=O) groups is 3. The summed E-state index contributed by atoms with van der Waals surface area (Å²) in [7, 11) is 1.35. The zero-order valence-corrected chi connectivity index (χ0v) is 19.9. The lowest BCUT2D eigenvalue weighted by Gasteiger charge is -2.26. The molecule has 0 saturated heterocycles. The first-order valence-electron chi connectivity index (χ1n) is 11.2. The van der Waals surface area contributed by atoms with Crippen LogP contribution < -0.4 is 21.1 Å². The molecule has 0 aromatic heterocycles. The molecular formula is C26H26N4O7. The minimum absolute atomic E-state index is 0.231. The van der Waals surface area contributed by atoms with Gasteiger partial charge in [-0.3, -0.25) is 24.5 Å². The second-order valence-electron chi connectivity index (χ2n) is 8.09. The maximum atomic E-state index is 13.1. The van der Waals surface area contributed by atoms with E-state index in [0.29, 0.717) is 11.1 Å². The SMILES string of the molecule is COc1ccc([N+](=O)[O-])cc1C[C@H](NC(=O)[C@H](O)[C@@H](NC(=O)c1ccccc1)c1ccccc1)C(N)=O. The fraction of sp³-hybridized carbons (Fsp3) is 0.192. The van der Waals surface area contributed by atoms with Crippen LogP contribution in [0.4, 0.5) is 5.69 Å². The maximum absolute atomic E-state index is 13.1. The molecule has 3 rings (SSSR count). The summed E-state index contributed by atoms with van der Waals surface area (Å²) in [6.07, 6.45) is -2.03. The molecular weight excluding hydrogens is 480 g/mol. The third-order valence-corrected chi connectivity index (χ3v) is 5.62. The molecule has 0 fully saturated rings. The van der Waals surface area contributed by atoms with Crippen LogP contribution in [0.25, 0.3) is 0 Å². The van der Waals surface area contributed by atoms with E-state index in [2.05, 4.69) is 10.6 Å². The minimum atomic E-state index is -1.80. The van der Waals surface area contributed by atoms with Crippen molar-refractivity contribution in [1.29, 1.82) is 0 Å². The molecule has 0 aliphatic heterocycles. The number of aliphatic hydroxyl groups is 1. The number of carbonyl (C=O) groups excluding carboxylic acids is 3. The molecule has 0 radical (unpaired) electrons. The molecule has 0 aliphatic carbocycles. The Balaban J connectivity index is 1.83. The number of nitrogens with two attached hydrogens (primary N) is 1. The van der Waals surface area contributed by atoms with Crippen LogP contribution in [0.5, 0.6) is 5.75 Å². The third kappa shape index (κ3) is 6.89. The van der Waals surface area contributed by atoms with Crippen molar-refractivity contribution in [1.82, 2.24) is 10.6 Å². The Labute approximate surface area is 212 Å². The highest BCUT2D eigenvalue weighted by Gasteiger charge is 2.32. The average Bonchev–Trinajstić information content (AvgIpc) is 2.91. The third-order valence-electron chi connectivity index (χ3n) is 5.62. The molecule has 11 nitrogen and oxygen atoms in total. The standard InChI is InChI=1S/C26H26N4O7/c1-37-21-13-12-19(30(35)36)14-18(21)15-20(24(27)32)28-26(34)23(31)22(16-8-4-2-5-9-16)29-25(33)17-10-6-3-7-11-17/h2-14,20,22-23,31H,15H2,1H3,(H2,27,32)(H,28,34)(H,29,33)/t20-,22-,23+/m0/s1. The van der Waals surface area contributed by atoms with Crippen molar-refractivity contribution in [2.75, 3.05) is 7.11 Å². The van der Waals surface area contributed by atoms with E-state index in [1.54, 1.807) is 60.7 Å². The quantitative estimate of drug-likeness (QED) is 0.226. The van der Waals surface area contributed by atoms with Gasteiger partial charge in [0, 0.05) is 29.7 Å². The Hall–Kier alpha value is -4.77. The van der Waals surface area contributed by atoms with Gasteiger partial charge in [0.15, 0.2) is 6.10 Å². The van der Waals surface area contributed by atoms with Crippen LogP contribution in [-0.2, 0) is 16.0 Å². The number of non-ortho nitro benzene ring substituents is 1. The minimum Gasteiger partial charge on any atom is -0.496 e. The maximum Gasteiger partial charge on any atom is 0.269 e. The second-order valence-corrected chi connectivity index (χ2v) is 8.09. The number of aliphatic hydroxyl groups excluding tert-OH is 1. The van der Waals surface area contributed by atoms with Gasteiger partial charge in [-0.15, -0.1) is 0 Å². The second kappa shape index (κ2) is 12.3. The van der Waals surface area contributed by atoms with Crippen LogP contribution >= 0.6 is 0 Å². The summed E-state index contributed by atoms with van der Waals surface area (Å²) in [6.45, 7) is 0. The number of rotatable bonds is 11. The summed E-state index contributed by atoms with van der Waals surface area (Å²) < 4.78 is 5.21. The number of benzene rings is 3. The molecule has 0 aliphatic rings. The van der Waals surface area contributed by atoms with E-state index in [4.69, 9.17) is 10.5 Å². The van der Waals surface area contributed by atoms with Crippen LogP contribution in [0, 0.1) is 10.1 Å². The summed E-state index contributed by atoms with van der Waals surface area (Å²) in [6, 6.07) is 18.0. The van der Waals surface area contributed by atoms with Crippen molar-refractivity contribution in [2.45, 2.75) is 24.6 Å². The van der Waals surface area contributed by atoms with Gasteiger partial charge in [-0.05, 0) is 23.8 Å². The Bertz CT molecular complexity index is 1270. The summed E-state index contributed by atoms with van der Waals surface area (Å²) in [5.74, 6) is -2.17. The molecule has 3 atom stereocenters. The Morgan fingerprint density at radius 2 is 1.62 bits per heavy atom. The van der Waals surface area contributed by atoms with Crippen molar-refractivity contribution in [2.24, 2.45) is 5.73 Å². The van der Waals surface area contributed by atoms with Crippen LogP contribution in [0.1, 0.15) is 27.5 Å². The first-order valence-corrected chi connectivity index (χ1v) is 11.2. The van der Waals surface area contributed by atoms with Gasteiger partial charge in [0.05, 0.1) is 18.1 Å². The zero-order valence-electron chi connectivity index (χ0n) is 19.9. The lowest BCUT2D eigenvalue weighted by atomic mass is 9.98. The number of nitrogens with one attached hydrogen (secondary N) is 2. The van der Waals surface area contributed by atoms with E-state index >= 15 is 0 Å². The average molecular weight is 507 g/mol. The fourth-order valence-electron chi connectivity index (χ4n) is 3.71. The molecule has 0 heterocycles. The normalized spacial score (nSPS) is 13.0. The molecule has 11 heteroatoms. The Morgan fingerprint density at radius 1 is 1.00 bits per heavy atom.